The monoisotopic (exact) mass is 281 g/mol. The van der Waals surface area contributed by atoms with Crippen molar-refractivity contribution in [2.75, 3.05) is 20.6 Å². The molecule has 5 nitrogen and oxygen atoms in total. The average molecular weight is 281 g/mol. The minimum Gasteiger partial charge on any atom is -0.361 e. The highest BCUT2D eigenvalue weighted by Crippen LogP contribution is 2.26. The highest BCUT2D eigenvalue weighted by Gasteiger charge is 2.31. The summed E-state index contributed by atoms with van der Waals surface area (Å²) in [7, 11) is 4.10. The van der Waals surface area contributed by atoms with Crippen molar-refractivity contribution in [2.24, 2.45) is 5.41 Å². The lowest BCUT2D eigenvalue weighted by Gasteiger charge is -2.37. The van der Waals surface area contributed by atoms with E-state index >= 15 is 0 Å². The molecular weight excluding hydrogens is 254 g/mol. The molecule has 1 N–H and O–H groups in total. The van der Waals surface area contributed by atoms with E-state index in [0.29, 0.717) is 5.69 Å². The molecule has 2 atom stereocenters. The second-order valence-electron chi connectivity index (χ2n) is 5.97. The zero-order valence-corrected chi connectivity index (χ0v) is 13.5. The van der Waals surface area contributed by atoms with Gasteiger partial charge in [0.1, 0.15) is 5.76 Å². The average Bonchev–Trinajstić information content (AvgIpc) is 2.86. The van der Waals surface area contributed by atoms with Crippen molar-refractivity contribution in [1.29, 1.82) is 0 Å². The molecule has 0 saturated carbocycles. The van der Waals surface area contributed by atoms with Crippen LogP contribution in [0.25, 0.3) is 0 Å². The van der Waals surface area contributed by atoms with E-state index in [1.807, 2.05) is 27.9 Å². The Morgan fingerprint density at radius 1 is 1.50 bits per heavy atom. The van der Waals surface area contributed by atoms with Crippen LogP contribution in [0, 0.1) is 5.41 Å². The maximum absolute atomic E-state index is 12.2. The minimum atomic E-state index is -0.167. The molecule has 0 radical (unpaired) electrons. The molecule has 0 bridgehead atoms. The van der Waals surface area contributed by atoms with Crippen molar-refractivity contribution in [3.63, 3.8) is 0 Å². The Morgan fingerprint density at radius 2 is 2.15 bits per heavy atom. The Morgan fingerprint density at radius 3 is 2.60 bits per heavy atom. The molecule has 0 aliphatic carbocycles. The Bertz CT molecular complexity index is 442. The molecule has 0 saturated heterocycles. The zero-order valence-electron chi connectivity index (χ0n) is 13.5. The third-order valence-electron chi connectivity index (χ3n) is 4.02. The van der Waals surface area contributed by atoms with E-state index < -0.39 is 0 Å². The predicted molar refractivity (Wildman–Crippen MR) is 79.8 cm³/mol. The Labute approximate surface area is 121 Å². The smallest absolute Gasteiger partial charge is 0.273 e. The molecule has 114 valence electrons. The van der Waals surface area contributed by atoms with Gasteiger partial charge in [0.25, 0.3) is 5.91 Å². The first kappa shape index (κ1) is 16.7. The summed E-state index contributed by atoms with van der Waals surface area (Å²) in [5.74, 6) is 0.564. The van der Waals surface area contributed by atoms with Gasteiger partial charge >= 0.3 is 0 Å². The van der Waals surface area contributed by atoms with Crippen molar-refractivity contribution in [3.8, 4) is 0 Å². The molecule has 1 aromatic rings. The topological polar surface area (TPSA) is 58.4 Å². The van der Waals surface area contributed by atoms with E-state index in [4.69, 9.17) is 4.52 Å². The van der Waals surface area contributed by atoms with E-state index in [9.17, 15) is 4.79 Å². The SMILES string of the molecule is CCc1cc(C(=O)NC(C)C(C)(CC)CN(C)C)no1. The van der Waals surface area contributed by atoms with Crippen LogP contribution < -0.4 is 5.32 Å². The van der Waals surface area contributed by atoms with E-state index in [-0.39, 0.29) is 17.4 Å². The predicted octanol–water partition coefficient (Wildman–Crippen LogP) is 2.33. The van der Waals surface area contributed by atoms with Gasteiger partial charge in [-0.1, -0.05) is 25.9 Å². The molecular formula is C15H27N3O2. The number of amides is 1. The fourth-order valence-corrected chi connectivity index (χ4v) is 2.31. The summed E-state index contributed by atoms with van der Waals surface area (Å²) in [4.78, 5) is 14.3. The van der Waals surface area contributed by atoms with Crippen molar-refractivity contribution in [2.45, 2.75) is 46.6 Å². The zero-order chi connectivity index (χ0) is 15.3. The van der Waals surface area contributed by atoms with E-state index in [0.717, 1.165) is 25.1 Å². The van der Waals surface area contributed by atoms with Crippen LogP contribution in [0.4, 0.5) is 0 Å². The molecule has 0 fully saturated rings. The highest BCUT2D eigenvalue weighted by molar-refractivity contribution is 5.92. The lowest BCUT2D eigenvalue weighted by molar-refractivity contribution is 0.0855. The highest BCUT2D eigenvalue weighted by atomic mass is 16.5. The third kappa shape index (κ3) is 4.07. The fraction of sp³-hybridized carbons (Fsp3) is 0.733. The first-order chi connectivity index (χ1) is 9.32. The number of nitrogens with zero attached hydrogens (tertiary/aromatic N) is 2. The number of rotatable bonds is 7. The van der Waals surface area contributed by atoms with Gasteiger partial charge in [-0.2, -0.15) is 0 Å². The maximum atomic E-state index is 12.2. The third-order valence-corrected chi connectivity index (χ3v) is 4.02. The maximum Gasteiger partial charge on any atom is 0.273 e. The summed E-state index contributed by atoms with van der Waals surface area (Å²) in [5.41, 5.74) is 0.383. The van der Waals surface area contributed by atoms with E-state index in [1.54, 1.807) is 6.07 Å². The van der Waals surface area contributed by atoms with Crippen LogP contribution in [-0.2, 0) is 6.42 Å². The van der Waals surface area contributed by atoms with E-state index in [1.165, 1.54) is 0 Å². The lowest BCUT2D eigenvalue weighted by atomic mass is 9.80. The fourth-order valence-electron chi connectivity index (χ4n) is 2.31. The van der Waals surface area contributed by atoms with Gasteiger partial charge in [-0.3, -0.25) is 4.79 Å². The van der Waals surface area contributed by atoms with Gasteiger partial charge in [0.15, 0.2) is 5.69 Å². The number of hydrogen-bond acceptors (Lipinski definition) is 4. The first-order valence-electron chi connectivity index (χ1n) is 7.23. The van der Waals surface area contributed by atoms with Gasteiger partial charge in [0.05, 0.1) is 0 Å². The van der Waals surface area contributed by atoms with Crippen molar-refractivity contribution >= 4 is 5.91 Å². The number of carbonyl (C=O) groups is 1. The van der Waals surface area contributed by atoms with Gasteiger partial charge < -0.3 is 14.7 Å². The largest absolute Gasteiger partial charge is 0.361 e. The Kier molecular flexibility index (Phi) is 5.74. The normalized spacial score (nSPS) is 15.9. The molecule has 2 unspecified atom stereocenters. The molecule has 1 rings (SSSR count). The Balaban J connectivity index is 2.72. The standard InChI is InChI=1S/C15H27N3O2/c1-7-12-9-13(17-20-12)14(19)16-11(3)15(4,8-2)10-18(5)6/h9,11H,7-8,10H2,1-6H3,(H,16,19). The van der Waals surface area contributed by atoms with E-state index in [2.05, 4.69) is 29.2 Å². The lowest BCUT2D eigenvalue weighted by Crippen LogP contribution is -2.48. The molecule has 0 aromatic carbocycles. The van der Waals surface area contributed by atoms with Crippen LogP contribution in [-0.4, -0.2) is 42.6 Å². The van der Waals surface area contributed by atoms with Gasteiger partial charge in [-0.25, -0.2) is 0 Å². The summed E-state index contributed by atoms with van der Waals surface area (Å²) in [6.45, 7) is 9.28. The quantitative estimate of drug-likeness (QED) is 0.833. The first-order valence-corrected chi connectivity index (χ1v) is 7.23. The number of aromatic nitrogens is 1. The molecule has 1 amide bonds. The van der Waals surface area contributed by atoms with Crippen LogP contribution in [0.15, 0.2) is 10.6 Å². The molecule has 0 aliphatic rings. The Hall–Kier alpha value is -1.36. The van der Waals surface area contributed by atoms with Crippen LogP contribution in [0.3, 0.4) is 0 Å². The second-order valence-corrected chi connectivity index (χ2v) is 5.97. The van der Waals surface area contributed by atoms with Crippen LogP contribution in [0.2, 0.25) is 0 Å². The van der Waals surface area contributed by atoms with Crippen LogP contribution in [0.5, 0.6) is 0 Å². The molecule has 0 spiro atoms. The van der Waals surface area contributed by atoms with Crippen molar-refractivity contribution < 1.29 is 9.32 Å². The molecule has 5 heteroatoms. The van der Waals surface area contributed by atoms with Gasteiger partial charge in [0.2, 0.25) is 0 Å². The summed E-state index contributed by atoms with van der Waals surface area (Å²) in [5, 5.41) is 6.85. The summed E-state index contributed by atoms with van der Waals surface area (Å²) >= 11 is 0. The number of nitrogens with one attached hydrogen (secondary N) is 1. The van der Waals surface area contributed by atoms with Crippen molar-refractivity contribution in [1.82, 2.24) is 15.4 Å². The summed E-state index contributed by atoms with van der Waals surface area (Å²) in [6, 6.07) is 1.77. The molecule has 1 heterocycles. The summed E-state index contributed by atoms with van der Waals surface area (Å²) < 4.78 is 5.07. The number of hydrogen-bond donors (Lipinski definition) is 1. The summed E-state index contributed by atoms with van der Waals surface area (Å²) in [6.07, 6.45) is 1.73. The van der Waals surface area contributed by atoms with Crippen molar-refractivity contribution in [3.05, 3.63) is 17.5 Å². The minimum absolute atomic E-state index is 0.0243. The molecule has 0 aliphatic heterocycles. The van der Waals surface area contributed by atoms with Crippen LogP contribution in [0.1, 0.15) is 50.4 Å². The van der Waals surface area contributed by atoms with Gasteiger partial charge in [0, 0.05) is 25.1 Å². The van der Waals surface area contributed by atoms with Crippen LogP contribution >= 0.6 is 0 Å². The number of carbonyl (C=O) groups excluding carboxylic acids is 1. The molecule has 20 heavy (non-hydrogen) atoms. The number of aryl methyl sites for hydroxylation is 1. The second kappa shape index (κ2) is 6.88. The van der Waals surface area contributed by atoms with Gasteiger partial charge in [-0.15, -0.1) is 0 Å². The molecule has 1 aromatic heterocycles. The van der Waals surface area contributed by atoms with Gasteiger partial charge in [-0.05, 0) is 32.9 Å².